The van der Waals surface area contributed by atoms with Gasteiger partial charge in [0.25, 0.3) is 0 Å². The maximum Gasteiger partial charge on any atom is 2.00 e. The zero-order valence-corrected chi connectivity index (χ0v) is 12.8. The number of hydrogen-bond acceptors (Lipinski definition) is 4. The summed E-state index contributed by atoms with van der Waals surface area (Å²) in [4.78, 5) is 16.1. The zero-order chi connectivity index (χ0) is 8.23. The largest absolute Gasteiger partial charge is 2.00 e. The minimum absolute atomic E-state index is 0. The number of aromatic nitrogens is 4. The summed E-state index contributed by atoms with van der Waals surface area (Å²) in [6.45, 7) is 0. The van der Waals surface area contributed by atoms with Crippen LogP contribution < -0.4 is 34.0 Å². The van der Waals surface area contributed by atoms with Crippen LogP contribution in [0.25, 0.3) is 11.6 Å². The SMILES string of the molecule is [Br-].[Br-].[Pt+2].c1cnc(-c2ncccn2)nc1. The van der Waals surface area contributed by atoms with Crippen molar-refractivity contribution >= 4 is 0 Å². The molecule has 15 heavy (non-hydrogen) atoms. The van der Waals surface area contributed by atoms with E-state index in [2.05, 4.69) is 19.9 Å². The van der Waals surface area contributed by atoms with Gasteiger partial charge < -0.3 is 34.0 Å². The third-order valence-electron chi connectivity index (χ3n) is 1.33. The molecule has 0 aliphatic rings. The fourth-order valence-corrected chi connectivity index (χ4v) is 0.829. The molecule has 2 aromatic heterocycles. The second-order valence-electron chi connectivity index (χ2n) is 2.14. The van der Waals surface area contributed by atoms with Crippen molar-refractivity contribution < 1.29 is 55.0 Å². The molecule has 0 amide bonds. The van der Waals surface area contributed by atoms with E-state index in [0.29, 0.717) is 11.6 Å². The Bertz CT molecular complexity index is 322. The molecule has 0 radical (unpaired) electrons. The summed E-state index contributed by atoms with van der Waals surface area (Å²) in [6, 6.07) is 3.51. The molecule has 2 aromatic rings. The Hall–Kier alpha value is -0.192. The fourth-order valence-electron chi connectivity index (χ4n) is 0.829. The molecule has 0 unspecified atom stereocenters. The Kier molecular flexibility index (Phi) is 10.4. The molecule has 0 saturated heterocycles. The van der Waals surface area contributed by atoms with Gasteiger partial charge >= 0.3 is 21.1 Å². The number of rotatable bonds is 1. The summed E-state index contributed by atoms with van der Waals surface area (Å²) < 4.78 is 0. The van der Waals surface area contributed by atoms with Crippen LogP contribution in [0.4, 0.5) is 0 Å². The van der Waals surface area contributed by atoms with Crippen molar-refractivity contribution in [3.05, 3.63) is 36.9 Å². The normalized spacial score (nSPS) is 7.73. The second-order valence-corrected chi connectivity index (χ2v) is 2.14. The Balaban J connectivity index is 0. The number of nitrogens with zero attached hydrogens (tertiary/aromatic N) is 4. The Morgan fingerprint density at radius 3 is 1.13 bits per heavy atom. The van der Waals surface area contributed by atoms with E-state index in [-0.39, 0.29) is 55.0 Å². The smallest absolute Gasteiger partial charge is 1.00 e. The summed E-state index contributed by atoms with van der Waals surface area (Å²) in [7, 11) is 0. The Labute approximate surface area is 123 Å². The van der Waals surface area contributed by atoms with Crippen molar-refractivity contribution in [3.8, 4) is 11.6 Å². The van der Waals surface area contributed by atoms with Crippen LogP contribution in [0, 0.1) is 0 Å². The van der Waals surface area contributed by atoms with E-state index in [1.165, 1.54) is 0 Å². The Morgan fingerprint density at radius 1 is 0.600 bits per heavy atom. The standard InChI is InChI=1S/C8H6N4.2BrH.Pt/c1-3-9-7(10-4-1)8-11-5-2-6-12-8;;;/h1-6H;2*1H;/q;;;+2/p-2. The van der Waals surface area contributed by atoms with Crippen LogP contribution in [0.5, 0.6) is 0 Å². The van der Waals surface area contributed by atoms with Crippen molar-refractivity contribution in [3.63, 3.8) is 0 Å². The van der Waals surface area contributed by atoms with Crippen molar-refractivity contribution in [1.82, 2.24) is 19.9 Å². The molecule has 2 rings (SSSR count). The molecule has 0 bridgehead atoms. The minimum Gasteiger partial charge on any atom is -1.00 e. The first kappa shape index (κ1) is 17.2. The maximum atomic E-state index is 4.01. The van der Waals surface area contributed by atoms with Gasteiger partial charge in [0, 0.05) is 24.8 Å². The molecule has 0 aromatic carbocycles. The molecule has 2 heterocycles. The molecule has 0 atom stereocenters. The molecule has 0 aliphatic carbocycles. The van der Waals surface area contributed by atoms with Gasteiger partial charge in [0.2, 0.25) is 0 Å². The summed E-state index contributed by atoms with van der Waals surface area (Å²) in [6.07, 6.45) is 6.66. The predicted molar refractivity (Wildman–Crippen MR) is 43.1 cm³/mol. The number of hydrogen-bond donors (Lipinski definition) is 0. The van der Waals surface area contributed by atoms with E-state index < -0.39 is 0 Å². The molecule has 82 valence electrons. The second kappa shape index (κ2) is 9.06. The maximum absolute atomic E-state index is 4.01. The molecule has 0 spiro atoms. The van der Waals surface area contributed by atoms with E-state index >= 15 is 0 Å². The third kappa shape index (κ3) is 4.91. The van der Waals surface area contributed by atoms with Crippen molar-refractivity contribution in [2.75, 3.05) is 0 Å². The van der Waals surface area contributed by atoms with Crippen LogP contribution in [0.3, 0.4) is 0 Å². The predicted octanol–water partition coefficient (Wildman–Crippen LogP) is -5.06. The summed E-state index contributed by atoms with van der Waals surface area (Å²) in [5.41, 5.74) is 0. The molecule has 7 heteroatoms. The first-order chi connectivity index (χ1) is 5.97. The first-order valence-electron chi connectivity index (χ1n) is 3.51. The molecule has 0 fully saturated rings. The van der Waals surface area contributed by atoms with Gasteiger partial charge in [-0.1, -0.05) is 0 Å². The summed E-state index contributed by atoms with van der Waals surface area (Å²) in [5.74, 6) is 1.11. The molecule has 0 N–H and O–H groups in total. The fraction of sp³-hybridized carbons (Fsp3) is 0. The van der Waals surface area contributed by atoms with Gasteiger partial charge in [0.15, 0.2) is 11.6 Å². The van der Waals surface area contributed by atoms with Crippen LogP contribution in [0.15, 0.2) is 36.9 Å². The topological polar surface area (TPSA) is 51.6 Å². The molecular formula is C8H6Br2N4Pt. The quantitative estimate of drug-likeness (QED) is 0.384. The summed E-state index contributed by atoms with van der Waals surface area (Å²) >= 11 is 0. The van der Waals surface area contributed by atoms with Gasteiger partial charge in [-0.3, -0.25) is 0 Å². The van der Waals surface area contributed by atoms with Gasteiger partial charge in [-0.15, -0.1) is 0 Å². The first-order valence-corrected chi connectivity index (χ1v) is 3.51. The van der Waals surface area contributed by atoms with Gasteiger partial charge in [0.05, 0.1) is 0 Å². The zero-order valence-electron chi connectivity index (χ0n) is 7.33. The van der Waals surface area contributed by atoms with Crippen molar-refractivity contribution in [2.45, 2.75) is 0 Å². The number of halogens is 2. The van der Waals surface area contributed by atoms with E-state index in [9.17, 15) is 0 Å². The van der Waals surface area contributed by atoms with Crippen LogP contribution in [0.1, 0.15) is 0 Å². The third-order valence-corrected chi connectivity index (χ3v) is 1.33. The monoisotopic (exact) mass is 511 g/mol. The average Bonchev–Trinajstić information content (AvgIpc) is 2.21. The molecule has 4 nitrogen and oxygen atoms in total. The van der Waals surface area contributed by atoms with E-state index in [1.54, 1.807) is 36.9 Å². The van der Waals surface area contributed by atoms with Crippen LogP contribution in [-0.4, -0.2) is 19.9 Å². The van der Waals surface area contributed by atoms with E-state index in [0.717, 1.165) is 0 Å². The van der Waals surface area contributed by atoms with Crippen molar-refractivity contribution in [2.24, 2.45) is 0 Å². The minimum atomic E-state index is 0. The molecule has 0 saturated carbocycles. The van der Waals surface area contributed by atoms with E-state index in [1.807, 2.05) is 0 Å². The summed E-state index contributed by atoms with van der Waals surface area (Å²) in [5, 5.41) is 0. The molecule has 0 aliphatic heterocycles. The van der Waals surface area contributed by atoms with Crippen LogP contribution >= 0.6 is 0 Å². The van der Waals surface area contributed by atoms with Gasteiger partial charge in [0.1, 0.15) is 0 Å². The van der Waals surface area contributed by atoms with Crippen LogP contribution in [0.2, 0.25) is 0 Å². The Morgan fingerprint density at radius 2 is 0.867 bits per heavy atom. The van der Waals surface area contributed by atoms with Crippen LogP contribution in [-0.2, 0) is 21.1 Å². The van der Waals surface area contributed by atoms with Crippen molar-refractivity contribution in [1.29, 1.82) is 0 Å². The van der Waals surface area contributed by atoms with E-state index in [4.69, 9.17) is 0 Å². The average molecular weight is 513 g/mol. The molecular weight excluding hydrogens is 507 g/mol. The van der Waals surface area contributed by atoms with Gasteiger partial charge in [-0.25, -0.2) is 19.9 Å². The van der Waals surface area contributed by atoms with Gasteiger partial charge in [-0.05, 0) is 12.1 Å². The van der Waals surface area contributed by atoms with Gasteiger partial charge in [-0.2, -0.15) is 0 Å².